The van der Waals surface area contributed by atoms with Crippen LogP contribution in [0.1, 0.15) is 5.69 Å². The van der Waals surface area contributed by atoms with Crippen LogP contribution < -0.4 is 11.1 Å². The lowest BCUT2D eigenvalue weighted by Crippen LogP contribution is -2.37. The fraction of sp³-hybridized carbons (Fsp3) is 0.444. The molecular weight excluding hydrogens is 244 g/mol. The van der Waals surface area contributed by atoms with Crippen molar-refractivity contribution < 1.29 is 0 Å². The Kier molecular flexibility index (Phi) is 2.71. The van der Waals surface area contributed by atoms with E-state index in [4.69, 9.17) is 5.73 Å². The Bertz CT molecular complexity index is 349. The normalized spacial score (nSPS) is 22.2. The first-order valence-electron chi connectivity index (χ1n) is 4.53. The molecule has 4 nitrogen and oxygen atoms in total. The number of hydrogen-bond donors (Lipinski definition) is 2. The van der Waals surface area contributed by atoms with E-state index < -0.39 is 0 Å². The summed E-state index contributed by atoms with van der Waals surface area (Å²) in [7, 11) is 1.93. The Morgan fingerprint density at radius 3 is 3.07 bits per heavy atom. The summed E-state index contributed by atoms with van der Waals surface area (Å²) in [6, 6.07) is 0.0977. The molecule has 1 unspecified atom stereocenters. The molecule has 5 heteroatoms. The smallest absolute Gasteiger partial charge is 0.0791 e. The second kappa shape index (κ2) is 3.84. The number of hydrogen-bond acceptors (Lipinski definition) is 3. The standard InChI is InChI=1S/C9H13BrN4/c1-14-9(8(10)5-13-14)6-2-7(11)4-12-3-6/h2,5,7,12H,3-4,11H2,1H3. The van der Waals surface area contributed by atoms with Crippen LogP contribution in [-0.2, 0) is 7.05 Å². The van der Waals surface area contributed by atoms with Gasteiger partial charge in [-0.3, -0.25) is 4.68 Å². The minimum atomic E-state index is 0.0977. The van der Waals surface area contributed by atoms with Crippen molar-refractivity contribution in [2.75, 3.05) is 13.1 Å². The predicted octanol–water partition coefficient (Wildman–Crippen LogP) is 0.497. The number of aromatic nitrogens is 2. The average molecular weight is 257 g/mol. The summed E-state index contributed by atoms with van der Waals surface area (Å²) in [5.41, 5.74) is 8.16. The van der Waals surface area contributed by atoms with Crippen LogP contribution in [0.25, 0.3) is 5.57 Å². The Morgan fingerprint density at radius 1 is 1.71 bits per heavy atom. The number of nitrogens with one attached hydrogen (secondary N) is 1. The fourth-order valence-corrected chi connectivity index (χ4v) is 2.29. The maximum atomic E-state index is 5.85. The number of halogens is 1. The van der Waals surface area contributed by atoms with Gasteiger partial charge in [0.1, 0.15) is 0 Å². The lowest BCUT2D eigenvalue weighted by atomic mass is 10.1. The maximum Gasteiger partial charge on any atom is 0.0791 e. The van der Waals surface area contributed by atoms with Gasteiger partial charge in [-0.2, -0.15) is 5.10 Å². The van der Waals surface area contributed by atoms with Gasteiger partial charge in [0, 0.05) is 26.2 Å². The zero-order chi connectivity index (χ0) is 10.1. The average Bonchev–Trinajstić information content (AvgIpc) is 2.46. The molecule has 2 rings (SSSR count). The molecule has 0 radical (unpaired) electrons. The molecule has 1 aromatic heterocycles. The van der Waals surface area contributed by atoms with Gasteiger partial charge in [-0.15, -0.1) is 0 Å². The molecule has 0 saturated heterocycles. The third-order valence-corrected chi connectivity index (χ3v) is 2.89. The Labute approximate surface area is 91.3 Å². The molecule has 0 aliphatic carbocycles. The Hall–Kier alpha value is -0.650. The lowest BCUT2D eigenvalue weighted by Gasteiger charge is -2.19. The van der Waals surface area contributed by atoms with E-state index in [1.807, 2.05) is 11.7 Å². The minimum absolute atomic E-state index is 0.0977. The molecular formula is C9H13BrN4. The minimum Gasteiger partial charge on any atom is -0.323 e. The predicted molar refractivity (Wildman–Crippen MR) is 59.7 cm³/mol. The van der Waals surface area contributed by atoms with E-state index in [-0.39, 0.29) is 6.04 Å². The van der Waals surface area contributed by atoms with Gasteiger partial charge < -0.3 is 11.1 Å². The molecule has 1 aliphatic rings. The second-order valence-electron chi connectivity index (χ2n) is 3.45. The quantitative estimate of drug-likeness (QED) is 0.770. The van der Waals surface area contributed by atoms with Crippen molar-refractivity contribution >= 4 is 21.5 Å². The molecule has 0 spiro atoms. The van der Waals surface area contributed by atoms with Crippen LogP contribution in [0.15, 0.2) is 16.7 Å². The number of nitrogens with two attached hydrogens (primary N) is 1. The fourth-order valence-electron chi connectivity index (χ4n) is 1.68. The van der Waals surface area contributed by atoms with Crippen molar-refractivity contribution in [2.45, 2.75) is 6.04 Å². The maximum absolute atomic E-state index is 5.85. The van der Waals surface area contributed by atoms with Gasteiger partial charge in [-0.1, -0.05) is 6.08 Å². The van der Waals surface area contributed by atoms with E-state index in [0.29, 0.717) is 0 Å². The van der Waals surface area contributed by atoms with Crippen LogP contribution in [0.3, 0.4) is 0 Å². The molecule has 0 aromatic carbocycles. The van der Waals surface area contributed by atoms with Crippen molar-refractivity contribution in [1.82, 2.24) is 15.1 Å². The van der Waals surface area contributed by atoms with Crippen LogP contribution in [0, 0.1) is 0 Å². The van der Waals surface area contributed by atoms with Crippen molar-refractivity contribution in [3.63, 3.8) is 0 Å². The molecule has 2 heterocycles. The molecule has 1 aromatic rings. The van der Waals surface area contributed by atoms with E-state index in [9.17, 15) is 0 Å². The highest BCUT2D eigenvalue weighted by Crippen LogP contribution is 2.24. The van der Waals surface area contributed by atoms with E-state index >= 15 is 0 Å². The zero-order valence-corrected chi connectivity index (χ0v) is 9.58. The first kappa shape index (κ1) is 9.89. The first-order valence-corrected chi connectivity index (χ1v) is 5.32. The summed E-state index contributed by atoms with van der Waals surface area (Å²) in [5.74, 6) is 0. The van der Waals surface area contributed by atoms with Gasteiger partial charge in [0.25, 0.3) is 0 Å². The molecule has 0 saturated carbocycles. The number of aryl methyl sites for hydroxylation is 1. The second-order valence-corrected chi connectivity index (χ2v) is 4.31. The molecule has 1 atom stereocenters. The molecule has 0 amide bonds. The largest absolute Gasteiger partial charge is 0.323 e. The monoisotopic (exact) mass is 256 g/mol. The van der Waals surface area contributed by atoms with Gasteiger partial charge in [-0.05, 0) is 21.5 Å². The van der Waals surface area contributed by atoms with E-state index in [0.717, 1.165) is 23.3 Å². The summed E-state index contributed by atoms with van der Waals surface area (Å²) < 4.78 is 2.87. The summed E-state index contributed by atoms with van der Waals surface area (Å²) >= 11 is 3.48. The summed E-state index contributed by atoms with van der Waals surface area (Å²) in [6.45, 7) is 1.70. The van der Waals surface area contributed by atoms with Crippen molar-refractivity contribution in [3.05, 3.63) is 22.4 Å². The van der Waals surface area contributed by atoms with Crippen LogP contribution in [-0.4, -0.2) is 28.9 Å². The lowest BCUT2D eigenvalue weighted by molar-refractivity contribution is 0.654. The first-order chi connectivity index (χ1) is 6.68. The summed E-state index contributed by atoms with van der Waals surface area (Å²) in [5, 5.41) is 7.45. The highest BCUT2D eigenvalue weighted by atomic mass is 79.9. The van der Waals surface area contributed by atoms with E-state index in [1.54, 1.807) is 6.20 Å². The Balaban J connectivity index is 2.39. The van der Waals surface area contributed by atoms with Crippen LogP contribution >= 0.6 is 15.9 Å². The molecule has 0 fully saturated rings. The van der Waals surface area contributed by atoms with Crippen LogP contribution in [0.2, 0.25) is 0 Å². The Morgan fingerprint density at radius 2 is 2.50 bits per heavy atom. The van der Waals surface area contributed by atoms with Gasteiger partial charge in [0.05, 0.1) is 16.4 Å². The highest BCUT2D eigenvalue weighted by Gasteiger charge is 2.16. The van der Waals surface area contributed by atoms with Crippen molar-refractivity contribution in [1.29, 1.82) is 0 Å². The van der Waals surface area contributed by atoms with Crippen LogP contribution in [0.5, 0.6) is 0 Å². The molecule has 1 aliphatic heterocycles. The van der Waals surface area contributed by atoms with Gasteiger partial charge in [0.2, 0.25) is 0 Å². The summed E-state index contributed by atoms with van der Waals surface area (Å²) in [6.07, 6.45) is 3.90. The number of nitrogens with zero attached hydrogens (tertiary/aromatic N) is 2. The summed E-state index contributed by atoms with van der Waals surface area (Å²) in [4.78, 5) is 0. The third-order valence-electron chi connectivity index (χ3n) is 2.31. The van der Waals surface area contributed by atoms with Crippen molar-refractivity contribution in [3.8, 4) is 0 Å². The third kappa shape index (κ3) is 1.75. The highest BCUT2D eigenvalue weighted by molar-refractivity contribution is 9.10. The van der Waals surface area contributed by atoms with E-state index in [2.05, 4.69) is 32.4 Å². The SMILES string of the molecule is Cn1ncc(Br)c1C1=CC(N)CNC1. The van der Waals surface area contributed by atoms with Crippen LogP contribution in [0.4, 0.5) is 0 Å². The van der Waals surface area contributed by atoms with Crippen molar-refractivity contribution in [2.24, 2.45) is 12.8 Å². The van der Waals surface area contributed by atoms with E-state index in [1.165, 1.54) is 5.57 Å². The topological polar surface area (TPSA) is 55.9 Å². The molecule has 14 heavy (non-hydrogen) atoms. The van der Waals surface area contributed by atoms with Gasteiger partial charge >= 0.3 is 0 Å². The molecule has 3 N–H and O–H groups in total. The van der Waals surface area contributed by atoms with Gasteiger partial charge in [0.15, 0.2) is 0 Å². The van der Waals surface area contributed by atoms with Gasteiger partial charge in [-0.25, -0.2) is 0 Å². The zero-order valence-electron chi connectivity index (χ0n) is 8.00. The molecule has 76 valence electrons. The molecule has 0 bridgehead atoms. The number of rotatable bonds is 1.